The highest BCUT2D eigenvalue weighted by molar-refractivity contribution is 6.09. The highest BCUT2D eigenvalue weighted by Gasteiger charge is 2.27. The van der Waals surface area contributed by atoms with Crippen molar-refractivity contribution in [3.8, 4) is 0 Å². The van der Waals surface area contributed by atoms with Crippen LogP contribution in [0, 0.1) is 13.8 Å². The van der Waals surface area contributed by atoms with Crippen molar-refractivity contribution in [2.24, 2.45) is 0 Å². The first kappa shape index (κ1) is 17.7. The molecule has 1 aliphatic heterocycles. The number of nitrogens with zero attached hydrogens (tertiary/aromatic N) is 1. The van der Waals surface area contributed by atoms with E-state index in [1.807, 2.05) is 0 Å². The zero-order chi connectivity index (χ0) is 18.7. The van der Waals surface area contributed by atoms with Crippen molar-refractivity contribution in [2.45, 2.75) is 39.3 Å². The molecule has 3 amide bonds. The molecule has 0 aliphatic carbocycles. The van der Waals surface area contributed by atoms with Crippen LogP contribution in [0.3, 0.4) is 0 Å². The third-order valence-electron chi connectivity index (χ3n) is 4.35. The van der Waals surface area contributed by atoms with Crippen LogP contribution in [0.2, 0.25) is 0 Å². The summed E-state index contributed by atoms with van der Waals surface area (Å²) in [6.45, 7) is 3.90. The third-order valence-corrected chi connectivity index (χ3v) is 4.35. The first-order chi connectivity index (χ1) is 12.5. The molecule has 26 heavy (non-hydrogen) atoms. The van der Waals surface area contributed by atoms with Crippen molar-refractivity contribution >= 4 is 23.4 Å². The number of nitrogens with one attached hydrogen (secondary N) is 3. The summed E-state index contributed by atoms with van der Waals surface area (Å²) in [5.41, 5.74) is 2.46. The van der Waals surface area contributed by atoms with Crippen LogP contribution in [0.1, 0.15) is 40.2 Å². The minimum absolute atomic E-state index is 0.109. The fourth-order valence-corrected chi connectivity index (χ4v) is 2.82. The Balaban J connectivity index is 1.55. The number of aromatic nitrogens is 1. The molecular weight excluding hydrogens is 336 g/mol. The minimum atomic E-state index is -0.764. The first-order valence-corrected chi connectivity index (χ1v) is 8.35. The van der Waals surface area contributed by atoms with Gasteiger partial charge in [0.1, 0.15) is 11.8 Å². The van der Waals surface area contributed by atoms with E-state index in [9.17, 15) is 14.4 Å². The number of fused-ring (bicyclic) bond motifs is 1. The molecule has 1 aliphatic rings. The molecule has 1 aromatic heterocycles. The molecule has 0 bridgehead atoms. The standard InChI is InChI=1S/C18H20N4O4/c1-10-13(11(2)26-22-10)9-19-16(23)8-7-15-18(25)20-14-6-4-3-5-12(14)17(24)21-15/h3-6,15H,7-9H2,1-2H3,(H,19,23)(H,20,25)(H,21,24)/t15-/m0/s1. The third kappa shape index (κ3) is 3.74. The summed E-state index contributed by atoms with van der Waals surface area (Å²) in [7, 11) is 0. The zero-order valence-corrected chi connectivity index (χ0v) is 14.6. The van der Waals surface area contributed by atoms with Crippen LogP contribution < -0.4 is 16.0 Å². The van der Waals surface area contributed by atoms with Crippen molar-refractivity contribution in [2.75, 3.05) is 5.32 Å². The van der Waals surface area contributed by atoms with Crippen molar-refractivity contribution in [3.05, 3.63) is 46.8 Å². The fraction of sp³-hybridized carbons (Fsp3) is 0.333. The summed E-state index contributed by atoms with van der Waals surface area (Å²) in [4.78, 5) is 36.6. The van der Waals surface area contributed by atoms with Gasteiger partial charge in [0, 0.05) is 18.5 Å². The molecule has 3 rings (SSSR count). The average Bonchev–Trinajstić information content (AvgIpc) is 2.88. The Morgan fingerprint density at radius 3 is 2.77 bits per heavy atom. The van der Waals surface area contributed by atoms with Gasteiger partial charge in [0.05, 0.1) is 16.9 Å². The number of para-hydroxylation sites is 1. The Hall–Kier alpha value is -3.16. The van der Waals surface area contributed by atoms with Gasteiger partial charge >= 0.3 is 0 Å². The number of benzene rings is 1. The Morgan fingerprint density at radius 1 is 1.27 bits per heavy atom. The summed E-state index contributed by atoms with van der Waals surface area (Å²) in [5, 5.41) is 12.0. The second-order valence-corrected chi connectivity index (χ2v) is 6.18. The lowest BCUT2D eigenvalue weighted by molar-refractivity contribution is -0.122. The van der Waals surface area contributed by atoms with Gasteiger partial charge in [0.15, 0.2) is 0 Å². The van der Waals surface area contributed by atoms with Crippen LogP contribution in [0.5, 0.6) is 0 Å². The molecule has 0 saturated heterocycles. The van der Waals surface area contributed by atoms with Gasteiger partial charge in [0.25, 0.3) is 5.91 Å². The van der Waals surface area contributed by atoms with Gasteiger partial charge in [-0.25, -0.2) is 0 Å². The number of hydrogen-bond acceptors (Lipinski definition) is 5. The van der Waals surface area contributed by atoms with Gasteiger partial charge < -0.3 is 20.5 Å². The van der Waals surface area contributed by atoms with E-state index in [4.69, 9.17) is 4.52 Å². The van der Waals surface area contributed by atoms with Crippen LogP contribution >= 0.6 is 0 Å². The number of aryl methyl sites for hydroxylation is 2. The van der Waals surface area contributed by atoms with Crippen molar-refractivity contribution in [3.63, 3.8) is 0 Å². The van der Waals surface area contributed by atoms with Crippen LogP contribution in [0.25, 0.3) is 0 Å². The lowest BCUT2D eigenvalue weighted by Gasteiger charge is -2.14. The molecule has 2 heterocycles. The molecule has 3 N–H and O–H groups in total. The average molecular weight is 356 g/mol. The second kappa shape index (κ2) is 7.38. The monoisotopic (exact) mass is 356 g/mol. The molecule has 0 unspecified atom stereocenters. The number of anilines is 1. The molecule has 2 aromatic rings. The molecule has 0 fully saturated rings. The number of carbonyl (C=O) groups excluding carboxylic acids is 3. The molecule has 8 heteroatoms. The predicted molar refractivity (Wildman–Crippen MR) is 93.4 cm³/mol. The fourth-order valence-electron chi connectivity index (χ4n) is 2.82. The lowest BCUT2D eigenvalue weighted by atomic mass is 10.1. The molecule has 1 aromatic carbocycles. The van der Waals surface area contributed by atoms with E-state index < -0.39 is 6.04 Å². The van der Waals surface area contributed by atoms with Crippen LogP contribution in [0.4, 0.5) is 5.69 Å². The zero-order valence-electron chi connectivity index (χ0n) is 14.6. The Bertz CT molecular complexity index is 839. The second-order valence-electron chi connectivity index (χ2n) is 6.18. The van der Waals surface area contributed by atoms with Gasteiger partial charge in [-0.1, -0.05) is 17.3 Å². The Kier molecular flexibility index (Phi) is 5.01. The van der Waals surface area contributed by atoms with E-state index >= 15 is 0 Å². The van der Waals surface area contributed by atoms with Gasteiger partial charge in [-0.15, -0.1) is 0 Å². The lowest BCUT2D eigenvalue weighted by Crippen LogP contribution is -2.42. The maximum absolute atomic E-state index is 12.3. The summed E-state index contributed by atoms with van der Waals surface area (Å²) in [6, 6.07) is 6.02. The Morgan fingerprint density at radius 2 is 2.04 bits per heavy atom. The van der Waals surface area contributed by atoms with E-state index in [0.29, 0.717) is 23.6 Å². The van der Waals surface area contributed by atoms with Gasteiger partial charge in [-0.2, -0.15) is 0 Å². The van der Waals surface area contributed by atoms with E-state index in [0.717, 1.165) is 11.3 Å². The molecule has 0 saturated carbocycles. The van der Waals surface area contributed by atoms with Gasteiger partial charge in [-0.05, 0) is 32.4 Å². The van der Waals surface area contributed by atoms with Gasteiger partial charge in [0.2, 0.25) is 11.8 Å². The minimum Gasteiger partial charge on any atom is -0.361 e. The van der Waals surface area contributed by atoms with E-state index in [1.54, 1.807) is 38.1 Å². The Labute approximate surface area is 150 Å². The van der Waals surface area contributed by atoms with Crippen molar-refractivity contribution in [1.82, 2.24) is 15.8 Å². The number of carbonyl (C=O) groups is 3. The van der Waals surface area contributed by atoms with E-state index in [1.165, 1.54) is 0 Å². The molecule has 0 radical (unpaired) electrons. The van der Waals surface area contributed by atoms with Crippen molar-refractivity contribution < 1.29 is 18.9 Å². The highest BCUT2D eigenvalue weighted by Crippen LogP contribution is 2.19. The SMILES string of the molecule is Cc1noc(C)c1CNC(=O)CC[C@@H]1NC(=O)c2ccccc2NC1=O. The maximum Gasteiger partial charge on any atom is 0.254 e. The summed E-state index contributed by atoms with van der Waals surface area (Å²) < 4.78 is 5.05. The molecular formula is C18H20N4O4. The molecule has 8 nitrogen and oxygen atoms in total. The molecule has 1 atom stereocenters. The highest BCUT2D eigenvalue weighted by atomic mass is 16.5. The summed E-state index contributed by atoms with van der Waals surface area (Å²) in [6.07, 6.45) is 0.317. The number of hydrogen-bond donors (Lipinski definition) is 3. The quantitative estimate of drug-likeness (QED) is 0.750. The van der Waals surface area contributed by atoms with Crippen molar-refractivity contribution in [1.29, 1.82) is 0 Å². The summed E-state index contributed by atoms with van der Waals surface area (Å²) >= 11 is 0. The van der Waals surface area contributed by atoms with Crippen LogP contribution in [0.15, 0.2) is 28.8 Å². The van der Waals surface area contributed by atoms with Crippen LogP contribution in [-0.2, 0) is 16.1 Å². The first-order valence-electron chi connectivity index (χ1n) is 8.35. The smallest absolute Gasteiger partial charge is 0.254 e. The predicted octanol–water partition coefficient (Wildman–Crippen LogP) is 1.44. The van der Waals surface area contributed by atoms with E-state index in [2.05, 4.69) is 21.1 Å². The number of amides is 3. The maximum atomic E-state index is 12.3. The van der Waals surface area contributed by atoms with E-state index in [-0.39, 0.29) is 30.6 Å². The largest absolute Gasteiger partial charge is 0.361 e. The van der Waals surface area contributed by atoms with Gasteiger partial charge in [-0.3, -0.25) is 14.4 Å². The molecule has 0 spiro atoms. The van der Waals surface area contributed by atoms with Crippen LogP contribution in [-0.4, -0.2) is 28.9 Å². The topological polar surface area (TPSA) is 113 Å². The summed E-state index contributed by atoms with van der Waals surface area (Å²) in [5.74, 6) is -0.216. The molecule has 136 valence electrons. The normalized spacial score (nSPS) is 16.3. The number of rotatable bonds is 5.